The molecule has 0 spiro atoms. The lowest BCUT2D eigenvalue weighted by Gasteiger charge is -2.42. The molecule has 9 rings (SSSR count). The van der Waals surface area contributed by atoms with E-state index in [1.54, 1.807) is 0 Å². The quantitative estimate of drug-likeness (QED) is 0.212. The Balaban J connectivity index is 1.43. The van der Waals surface area contributed by atoms with E-state index in [0.29, 0.717) is 0 Å². The van der Waals surface area contributed by atoms with Crippen molar-refractivity contribution < 1.29 is 0 Å². The monoisotopic (exact) mass is 525 g/mol. The van der Waals surface area contributed by atoms with E-state index in [2.05, 4.69) is 148 Å². The zero-order valence-electron chi connectivity index (χ0n) is 23.9. The Labute approximate surface area is 240 Å². The Morgan fingerprint density at radius 3 is 1.83 bits per heavy atom. The van der Waals surface area contributed by atoms with Crippen molar-refractivity contribution in [3.8, 4) is 27.9 Å². The van der Waals surface area contributed by atoms with Gasteiger partial charge in [-0.05, 0) is 67.4 Å². The lowest BCUT2D eigenvalue weighted by Crippen LogP contribution is -2.33. The van der Waals surface area contributed by atoms with Crippen molar-refractivity contribution in [2.75, 3.05) is 0 Å². The molecule has 196 valence electrons. The summed E-state index contributed by atoms with van der Waals surface area (Å²) in [6.07, 6.45) is 0. The van der Waals surface area contributed by atoms with Gasteiger partial charge in [0.15, 0.2) is 0 Å². The van der Waals surface area contributed by atoms with Crippen LogP contribution in [0.1, 0.15) is 49.9 Å². The molecule has 1 heteroatoms. The summed E-state index contributed by atoms with van der Waals surface area (Å²) in [5, 5.41) is 5.28. The van der Waals surface area contributed by atoms with Crippen LogP contribution >= 0.6 is 0 Å². The summed E-state index contributed by atoms with van der Waals surface area (Å²) in [5.74, 6) is 0. The molecule has 0 radical (unpaired) electrons. The standard InChI is InChI=1S/C40H31N/c1-39(2)32-19-10-18-30-31-22-25(27-15-7-8-16-28(27)29-17-9-13-24-12-5-6-14-26(24)29)23-35-37(31)41(36(30)32)38-33(39)20-11-21-34(38)40(35,3)4/h5-23H,1-4H3. The molecule has 0 N–H and O–H groups in total. The SMILES string of the molecule is CC1(C)c2cccc3c2-n2c4c1cccc4c1cc(-c4ccccc4-c4cccc5ccccc45)cc(c12)C3(C)C. The van der Waals surface area contributed by atoms with Crippen molar-refractivity contribution in [2.45, 2.75) is 38.5 Å². The van der Waals surface area contributed by atoms with Gasteiger partial charge >= 0.3 is 0 Å². The predicted molar refractivity (Wildman–Crippen MR) is 173 cm³/mol. The maximum Gasteiger partial charge on any atom is 0.0582 e. The molecule has 0 saturated carbocycles. The molecule has 3 heterocycles. The highest BCUT2D eigenvalue weighted by atomic mass is 15.0. The van der Waals surface area contributed by atoms with Gasteiger partial charge in [-0.25, -0.2) is 0 Å². The first-order valence-electron chi connectivity index (χ1n) is 14.7. The Morgan fingerprint density at radius 1 is 0.439 bits per heavy atom. The summed E-state index contributed by atoms with van der Waals surface area (Å²) < 4.78 is 2.61. The molecule has 6 aromatic carbocycles. The predicted octanol–water partition coefficient (Wildman–Crippen LogP) is 10.5. The fourth-order valence-corrected chi connectivity index (χ4v) is 8.07. The fourth-order valence-electron chi connectivity index (χ4n) is 8.07. The van der Waals surface area contributed by atoms with E-state index >= 15 is 0 Å². The van der Waals surface area contributed by atoms with E-state index in [0.717, 1.165) is 0 Å². The average molecular weight is 526 g/mol. The molecule has 1 nitrogen and oxygen atoms in total. The molecule has 0 aliphatic carbocycles. The molecule has 0 saturated heterocycles. The topological polar surface area (TPSA) is 4.93 Å². The maximum absolute atomic E-state index is 2.61. The number of fused-ring (bicyclic) bond motifs is 2. The summed E-state index contributed by atoms with van der Waals surface area (Å²) in [6.45, 7) is 9.63. The Bertz CT molecular complexity index is 2250. The van der Waals surface area contributed by atoms with E-state index in [-0.39, 0.29) is 10.8 Å². The van der Waals surface area contributed by atoms with Gasteiger partial charge < -0.3 is 4.57 Å². The lowest BCUT2D eigenvalue weighted by atomic mass is 9.68. The molecule has 0 unspecified atom stereocenters. The Kier molecular flexibility index (Phi) is 4.26. The minimum atomic E-state index is -0.133. The van der Waals surface area contributed by atoms with Crippen molar-refractivity contribution in [1.82, 2.24) is 4.57 Å². The van der Waals surface area contributed by atoms with Gasteiger partial charge in [-0.15, -0.1) is 0 Å². The van der Waals surface area contributed by atoms with Crippen molar-refractivity contribution in [3.05, 3.63) is 138 Å². The molecular formula is C40H31N. The number of aromatic nitrogens is 1. The summed E-state index contributed by atoms with van der Waals surface area (Å²) in [6, 6.07) is 43.2. The third kappa shape index (κ3) is 2.77. The van der Waals surface area contributed by atoms with E-state index in [9.17, 15) is 0 Å². The van der Waals surface area contributed by atoms with Gasteiger partial charge in [-0.2, -0.15) is 0 Å². The van der Waals surface area contributed by atoms with Gasteiger partial charge in [-0.3, -0.25) is 0 Å². The Morgan fingerprint density at radius 2 is 1.00 bits per heavy atom. The van der Waals surface area contributed by atoms with Gasteiger partial charge in [0.2, 0.25) is 0 Å². The first kappa shape index (κ1) is 23.1. The van der Waals surface area contributed by atoms with Crippen LogP contribution in [0.4, 0.5) is 0 Å². The normalized spacial score (nSPS) is 15.7. The van der Waals surface area contributed by atoms with Crippen LogP contribution in [0.25, 0.3) is 60.5 Å². The lowest BCUT2D eigenvalue weighted by molar-refractivity contribution is 0.594. The maximum atomic E-state index is 2.61. The smallest absolute Gasteiger partial charge is 0.0582 e. The highest BCUT2D eigenvalue weighted by Crippen LogP contribution is 2.56. The van der Waals surface area contributed by atoms with Crippen molar-refractivity contribution in [3.63, 3.8) is 0 Å². The highest BCUT2D eigenvalue weighted by molar-refractivity contribution is 6.15. The Hall–Kier alpha value is -4.62. The van der Waals surface area contributed by atoms with E-state index in [1.165, 1.54) is 82.8 Å². The first-order valence-corrected chi connectivity index (χ1v) is 14.7. The van der Waals surface area contributed by atoms with E-state index in [4.69, 9.17) is 0 Å². The number of nitrogens with zero attached hydrogens (tertiary/aromatic N) is 1. The average Bonchev–Trinajstić information content (AvgIpc) is 3.33. The van der Waals surface area contributed by atoms with Crippen LogP contribution in [0.15, 0.2) is 115 Å². The summed E-state index contributed by atoms with van der Waals surface area (Å²) in [4.78, 5) is 0. The van der Waals surface area contributed by atoms with Crippen molar-refractivity contribution >= 4 is 32.6 Å². The van der Waals surface area contributed by atoms with Gasteiger partial charge in [0.1, 0.15) is 0 Å². The number of benzene rings is 6. The zero-order valence-corrected chi connectivity index (χ0v) is 23.9. The second-order valence-electron chi connectivity index (χ2n) is 13.0. The van der Waals surface area contributed by atoms with Crippen LogP contribution < -0.4 is 0 Å². The van der Waals surface area contributed by atoms with Gasteiger partial charge in [0, 0.05) is 21.6 Å². The molecule has 0 atom stereocenters. The molecule has 2 aliphatic rings. The molecule has 0 amide bonds. The van der Waals surface area contributed by atoms with Crippen LogP contribution in [0, 0.1) is 0 Å². The van der Waals surface area contributed by atoms with Gasteiger partial charge in [0.05, 0.1) is 16.7 Å². The largest absolute Gasteiger partial charge is 0.308 e. The minimum absolute atomic E-state index is 0.0629. The number of rotatable bonds is 2. The third-order valence-electron chi connectivity index (χ3n) is 10.2. The molecule has 0 bridgehead atoms. The first-order chi connectivity index (χ1) is 19.9. The molecule has 1 aromatic heterocycles. The number of hydrogen-bond acceptors (Lipinski definition) is 0. The molecule has 2 aliphatic heterocycles. The highest BCUT2D eigenvalue weighted by Gasteiger charge is 2.43. The number of para-hydroxylation sites is 2. The van der Waals surface area contributed by atoms with E-state index < -0.39 is 0 Å². The van der Waals surface area contributed by atoms with Crippen molar-refractivity contribution in [2.24, 2.45) is 0 Å². The molecular weight excluding hydrogens is 494 g/mol. The second-order valence-corrected chi connectivity index (χ2v) is 13.0. The van der Waals surface area contributed by atoms with Crippen LogP contribution in [0.5, 0.6) is 0 Å². The van der Waals surface area contributed by atoms with Gasteiger partial charge in [0.25, 0.3) is 0 Å². The van der Waals surface area contributed by atoms with Crippen molar-refractivity contribution in [1.29, 1.82) is 0 Å². The minimum Gasteiger partial charge on any atom is -0.308 e. The van der Waals surface area contributed by atoms with Crippen LogP contribution in [-0.4, -0.2) is 4.57 Å². The zero-order chi connectivity index (χ0) is 27.7. The molecule has 41 heavy (non-hydrogen) atoms. The van der Waals surface area contributed by atoms with Crippen LogP contribution in [0.2, 0.25) is 0 Å². The summed E-state index contributed by atoms with van der Waals surface area (Å²) >= 11 is 0. The second kappa shape index (κ2) is 7.56. The fraction of sp³-hybridized carbons (Fsp3) is 0.150. The number of hydrogen-bond donors (Lipinski definition) is 0. The third-order valence-corrected chi connectivity index (χ3v) is 10.2. The molecule has 0 fully saturated rings. The summed E-state index contributed by atoms with van der Waals surface area (Å²) in [7, 11) is 0. The van der Waals surface area contributed by atoms with E-state index in [1.807, 2.05) is 0 Å². The van der Waals surface area contributed by atoms with Crippen LogP contribution in [-0.2, 0) is 10.8 Å². The van der Waals surface area contributed by atoms with Crippen LogP contribution in [0.3, 0.4) is 0 Å². The van der Waals surface area contributed by atoms with Gasteiger partial charge in [-0.1, -0.05) is 131 Å². The summed E-state index contributed by atoms with van der Waals surface area (Å²) in [5.41, 5.74) is 14.8. The molecule has 7 aromatic rings.